The first-order valence-corrected chi connectivity index (χ1v) is 5.94. The normalized spacial score (nSPS) is 12.4. The number of benzene rings is 1. The zero-order chi connectivity index (χ0) is 13.1. The van der Waals surface area contributed by atoms with Crippen LogP contribution in [0.25, 0.3) is 0 Å². The van der Waals surface area contributed by atoms with Crippen LogP contribution in [0.15, 0.2) is 41.1 Å². The van der Waals surface area contributed by atoms with E-state index in [9.17, 15) is 8.78 Å². The van der Waals surface area contributed by atoms with Crippen LogP contribution in [0, 0.1) is 11.6 Å². The van der Waals surface area contributed by atoms with E-state index in [2.05, 4.69) is 26.3 Å². The van der Waals surface area contributed by atoms with Gasteiger partial charge in [0.2, 0.25) is 0 Å². The zero-order valence-corrected chi connectivity index (χ0v) is 10.8. The van der Waals surface area contributed by atoms with E-state index < -0.39 is 17.7 Å². The molecule has 1 aromatic heterocycles. The average molecular weight is 314 g/mol. The van der Waals surface area contributed by atoms with Crippen LogP contribution in [0.3, 0.4) is 0 Å². The van der Waals surface area contributed by atoms with Crippen molar-refractivity contribution in [3.8, 4) is 0 Å². The van der Waals surface area contributed by atoms with Crippen LogP contribution >= 0.6 is 15.9 Å². The van der Waals surface area contributed by atoms with Gasteiger partial charge >= 0.3 is 0 Å². The molecule has 0 radical (unpaired) electrons. The van der Waals surface area contributed by atoms with Crippen LogP contribution in [-0.4, -0.2) is 4.98 Å². The van der Waals surface area contributed by atoms with Crippen LogP contribution in [-0.2, 0) is 0 Å². The van der Waals surface area contributed by atoms with Crippen molar-refractivity contribution in [2.75, 3.05) is 0 Å². The number of nitrogens with one attached hydrogen (secondary N) is 1. The minimum absolute atomic E-state index is 0.254. The van der Waals surface area contributed by atoms with Crippen molar-refractivity contribution in [2.45, 2.75) is 6.04 Å². The molecule has 3 N–H and O–H groups in total. The molecule has 0 bridgehead atoms. The van der Waals surface area contributed by atoms with E-state index in [1.54, 1.807) is 12.1 Å². The van der Waals surface area contributed by atoms with Crippen molar-refractivity contribution in [1.29, 1.82) is 0 Å². The Balaban J connectivity index is 2.53. The molecular formula is C12H10BrF2N3. The number of hydrazine groups is 1. The molecule has 2 aromatic rings. The van der Waals surface area contributed by atoms with Gasteiger partial charge < -0.3 is 0 Å². The lowest BCUT2D eigenvalue weighted by Crippen LogP contribution is -2.30. The number of rotatable bonds is 3. The fourth-order valence-corrected chi connectivity index (χ4v) is 2.20. The molecule has 0 aliphatic heterocycles. The SMILES string of the molecule is NNC(c1ccncc1F)c1cccc(F)c1Br. The molecule has 0 fully saturated rings. The Morgan fingerprint density at radius 1 is 1.17 bits per heavy atom. The van der Waals surface area contributed by atoms with Crippen LogP contribution < -0.4 is 11.3 Å². The summed E-state index contributed by atoms with van der Waals surface area (Å²) in [6.07, 6.45) is 2.54. The highest BCUT2D eigenvalue weighted by Gasteiger charge is 2.20. The monoisotopic (exact) mass is 313 g/mol. The number of hydrogen-bond acceptors (Lipinski definition) is 3. The predicted molar refractivity (Wildman–Crippen MR) is 67.5 cm³/mol. The van der Waals surface area contributed by atoms with E-state index in [4.69, 9.17) is 5.84 Å². The summed E-state index contributed by atoms with van der Waals surface area (Å²) in [4.78, 5) is 3.67. The Hall–Kier alpha value is -1.37. The van der Waals surface area contributed by atoms with Gasteiger partial charge in [-0.25, -0.2) is 14.2 Å². The molecule has 0 aliphatic carbocycles. The maximum absolute atomic E-state index is 13.7. The summed E-state index contributed by atoms with van der Waals surface area (Å²) >= 11 is 3.13. The Bertz CT molecular complexity index is 563. The van der Waals surface area contributed by atoms with E-state index in [1.807, 2.05) is 0 Å². The van der Waals surface area contributed by atoms with Gasteiger partial charge in [-0.2, -0.15) is 0 Å². The van der Waals surface area contributed by atoms with Gasteiger partial charge in [-0.3, -0.25) is 10.8 Å². The molecule has 1 atom stereocenters. The molecule has 0 aliphatic rings. The molecule has 1 unspecified atom stereocenters. The maximum Gasteiger partial charge on any atom is 0.146 e. The molecule has 0 saturated heterocycles. The largest absolute Gasteiger partial charge is 0.271 e. The summed E-state index contributed by atoms with van der Waals surface area (Å²) < 4.78 is 27.4. The van der Waals surface area contributed by atoms with Crippen LogP contribution in [0.2, 0.25) is 0 Å². The molecule has 0 saturated carbocycles. The van der Waals surface area contributed by atoms with Crippen molar-refractivity contribution in [3.05, 3.63) is 63.9 Å². The second kappa shape index (κ2) is 5.51. The number of nitrogens with two attached hydrogens (primary N) is 1. The highest BCUT2D eigenvalue weighted by molar-refractivity contribution is 9.10. The number of aromatic nitrogens is 1. The standard InChI is InChI=1S/C12H10BrF2N3/c13-11-8(2-1-3-9(11)14)12(18-16)7-4-5-17-6-10(7)15/h1-6,12,18H,16H2. The van der Waals surface area contributed by atoms with Gasteiger partial charge in [0, 0.05) is 11.8 Å². The first-order valence-electron chi connectivity index (χ1n) is 5.14. The molecule has 3 nitrogen and oxygen atoms in total. The maximum atomic E-state index is 13.7. The summed E-state index contributed by atoms with van der Waals surface area (Å²) in [5, 5.41) is 0. The fourth-order valence-electron chi connectivity index (χ4n) is 1.71. The van der Waals surface area contributed by atoms with Gasteiger partial charge in [0.25, 0.3) is 0 Å². The third kappa shape index (κ3) is 2.40. The molecule has 0 amide bonds. The topological polar surface area (TPSA) is 50.9 Å². The molecule has 1 aromatic carbocycles. The number of nitrogens with zero attached hydrogens (tertiary/aromatic N) is 1. The molecule has 1 heterocycles. The predicted octanol–water partition coefficient (Wildman–Crippen LogP) is 2.68. The van der Waals surface area contributed by atoms with Crippen LogP contribution in [0.4, 0.5) is 8.78 Å². The lowest BCUT2D eigenvalue weighted by Gasteiger charge is -2.18. The summed E-state index contributed by atoms with van der Waals surface area (Å²) in [7, 11) is 0. The fraction of sp³-hybridized carbons (Fsp3) is 0.0833. The molecule has 0 spiro atoms. The number of pyridine rings is 1. The summed E-state index contributed by atoms with van der Waals surface area (Å²) in [6.45, 7) is 0. The van der Waals surface area contributed by atoms with Crippen molar-refractivity contribution < 1.29 is 8.78 Å². The number of halogens is 3. The Morgan fingerprint density at radius 2 is 1.94 bits per heavy atom. The van der Waals surface area contributed by atoms with Crippen molar-refractivity contribution >= 4 is 15.9 Å². The Morgan fingerprint density at radius 3 is 2.61 bits per heavy atom. The highest BCUT2D eigenvalue weighted by atomic mass is 79.9. The van der Waals surface area contributed by atoms with E-state index >= 15 is 0 Å². The minimum atomic E-state index is -0.655. The van der Waals surface area contributed by atoms with Crippen molar-refractivity contribution in [1.82, 2.24) is 10.4 Å². The van der Waals surface area contributed by atoms with Gasteiger partial charge in [-0.05, 0) is 33.6 Å². The van der Waals surface area contributed by atoms with E-state index in [0.717, 1.165) is 6.20 Å². The van der Waals surface area contributed by atoms with Crippen molar-refractivity contribution in [3.63, 3.8) is 0 Å². The summed E-state index contributed by atoms with van der Waals surface area (Å²) in [5.74, 6) is 4.51. The second-order valence-corrected chi connectivity index (χ2v) is 4.43. The Labute approximate surface area is 111 Å². The van der Waals surface area contributed by atoms with Gasteiger partial charge in [-0.1, -0.05) is 12.1 Å². The molecule has 6 heteroatoms. The summed E-state index contributed by atoms with van der Waals surface area (Å²) in [6, 6.07) is 5.36. The molecule has 2 rings (SSSR count). The Kier molecular flexibility index (Phi) is 4.00. The lowest BCUT2D eigenvalue weighted by atomic mass is 10.00. The quantitative estimate of drug-likeness (QED) is 0.676. The first-order chi connectivity index (χ1) is 8.65. The third-order valence-corrected chi connectivity index (χ3v) is 3.41. The highest BCUT2D eigenvalue weighted by Crippen LogP contribution is 2.30. The van der Waals surface area contributed by atoms with Gasteiger partial charge in [0.1, 0.15) is 11.6 Å². The first kappa shape index (κ1) is 13.1. The van der Waals surface area contributed by atoms with E-state index in [-0.39, 0.29) is 4.47 Å². The van der Waals surface area contributed by atoms with E-state index in [0.29, 0.717) is 11.1 Å². The minimum Gasteiger partial charge on any atom is -0.271 e. The third-order valence-electron chi connectivity index (χ3n) is 2.57. The molecular weight excluding hydrogens is 304 g/mol. The molecule has 18 heavy (non-hydrogen) atoms. The van der Waals surface area contributed by atoms with Crippen LogP contribution in [0.1, 0.15) is 17.2 Å². The zero-order valence-electron chi connectivity index (χ0n) is 9.20. The number of hydrogen-bond donors (Lipinski definition) is 2. The molecule has 94 valence electrons. The van der Waals surface area contributed by atoms with Gasteiger partial charge in [-0.15, -0.1) is 0 Å². The van der Waals surface area contributed by atoms with Gasteiger partial charge in [0.15, 0.2) is 0 Å². The lowest BCUT2D eigenvalue weighted by molar-refractivity contribution is 0.549. The van der Waals surface area contributed by atoms with Crippen LogP contribution in [0.5, 0.6) is 0 Å². The smallest absolute Gasteiger partial charge is 0.146 e. The van der Waals surface area contributed by atoms with E-state index in [1.165, 1.54) is 18.3 Å². The van der Waals surface area contributed by atoms with Crippen molar-refractivity contribution in [2.24, 2.45) is 5.84 Å². The average Bonchev–Trinajstić information content (AvgIpc) is 2.37. The van der Waals surface area contributed by atoms with Gasteiger partial charge in [0.05, 0.1) is 16.7 Å². The second-order valence-electron chi connectivity index (χ2n) is 3.64. The summed E-state index contributed by atoms with van der Waals surface area (Å²) in [5.41, 5.74) is 3.30.